The van der Waals surface area contributed by atoms with Crippen molar-refractivity contribution in [1.82, 2.24) is 5.32 Å². The summed E-state index contributed by atoms with van der Waals surface area (Å²) in [4.78, 5) is 0. The molecular weight excluding hydrogens is 318 g/mol. The highest BCUT2D eigenvalue weighted by Crippen LogP contribution is 2.34. The summed E-state index contributed by atoms with van der Waals surface area (Å²) in [6.07, 6.45) is 4.98. The number of rotatable bonds is 4. The Hall–Kier alpha value is -0.580. The van der Waals surface area contributed by atoms with Crippen molar-refractivity contribution >= 4 is 15.9 Å². The van der Waals surface area contributed by atoms with Crippen molar-refractivity contribution in [3.8, 4) is 5.75 Å². The fourth-order valence-electron chi connectivity index (χ4n) is 3.28. The van der Waals surface area contributed by atoms with Gasteiger partial charge >= 0.3 is 0 Å². The minimum Gasteiger partial charge on any atom is -0.493 e. The number of nitrogens with one attached hydrogen (secondary N) is 1. The molecule has 3 atom stereocenters. The molecule has 2 aliphatic heterocycles. The van der Waals surface area contributed by atoms with Crippen molar-refractivity contribution in [2.24, 2.45) is 0 Å². The van der Waals surface area contributed by atoms with E-state index >= 15 is 0 Å². The Morgan fingerprint density at radius 2 is 2.25 bits per heavy atom. The molecular formula is C16H22BrNO2. The van der Waals surface area contributed by atoms with Crippen LogP contribution in [-0.2, 0) is 17.6 Å². The minimum atomic E-state index is 0.311. The number of ether oxygens (including phenoxy) is 2. The molecule has 1 aromatic carbocycles. The van der Waals surface area contributed by atoms with Gasteiger partial charge < -0.3 is 14.8 Å². The lowest BCUT2D eigenvalue weighted by molar-refractivity contribution is 0.0336. The third kappa shape index (κ3) is 2.87. The maximum absolute atomic E-state index is 6.02. The van der Waals surface area contributed by atoms with E-state index < -0.39 is 0 Å². The average molecular weight is 340 g/mol. The molecule has 1 saturated heterocycles. The summed E-state index contributed by atoms with van der Waals surface area (Å²) in [6.45, 7) is 2.96. The van der Waals surface area contributed by atoms with Gasteiger partial charge in [0.15, 0.2) is 0 Å². The first-order valence-electron chi connectivity index (χ1n) is 7.44. The lowest BCUT2D eigenvalue weighted by atomic mass is 9.97. The lowest BCUT2D eigenvalue weighted by Crippen LogP contribution is -2.39. The fraction of sp³-hybridized carbons (Fsp3) is 0.625. The standard InChI is InChI=1S/C16H22BrNO2/c1-10-3-4-15(20-10)14(18-2)9-12-8-13(17)7-11-5-6-19-16(11)12/h7-8,10,14-15,18H,3-6,9H2,1-2H3. The number of halogens is 1. The maximum atomic E-state index is 6.02. The third-order valence-electron chi connectivity index (χ3n) is 4.35. The molecule has 3 rings (SSSR count). The van der Waals surface area contributed by atoms with Crippen LogP contribution in [0.15, 0.2) is 16.6 Å². The Kier molecular flexibility index (Phi) is 4.34. The van der Waals surface area contributed by atoms with Gasteiger partial charge in [-0.1, -0.05) is 15.9 Å². The molecule has 110 valence electrons. The van der Waals surface area contributed by atoms with Crippen molar-refractivity contribution in [2.75, 3.05) is 13.7 Å². The first kappa shape index (κ1) is 14.4. The van der Waals surface area contributed by atoms with E-state index in [-0.39, 0.29) is 0 Å². The molecule has 4 heteroatoms. The molecule has 0 spiro atoms. The Morgan fingerprint density at radius 1 is 1.40 bits per heavy atom. The second-order valence-corrected chi connectivity index (χ2v) is 6.73. The van der Waals surface area contributed by atoms with Crippen molar-refractivity contribution in [3.05, 3.63) is 27.7 Å². The molecule has 0 radical (unpaired) electrons. The van der Waals surface area contributed by atoms with E-state index in [2.05, 4.69) is 40.3 Å². The highest BCUT2D eigenvalue weighted by Gasteiger charge is 2.30. The zero-order valence-electron chi connectivity index (χ0n) is 12.1. The summed E-state index contributed by atoms with van der Waals surface area (Å²) in [6, 6.07) is 4.71. The topological polar surface area (TPSA) is 30.5 Å². The van der Waals surface area contributed by atoms with Crippen molar-refractivity contribution in [3.63, 3.8) is 0 Å². The molecule has 20 heavy (non-hydrogen) atoms. The maximum Gasteiger partial charge on any atom is 0.125 e. The van der Waals surface area contributed by atoms with E-state index in [4.69, 9.17) is 9.47 Å². The summed E-state index contributed by atoms with van der Waals surface area (Å²) in [5.74, 6) is 1.10. The van der Waals surface area contributed by atoms with Gasteiger partial charge in [0.2, 0.25) is 0 Å². The minimum absolute atomic E-state index is 0.311. The second-order valence-electron chi connectivity index (χ2n) is 5.81. The number of hydrogen-bond donors (Lipinski definition) is 1. The zero-order valence-corrected chi connectivity index (χ0v) is 13.7. The van der Waals surface area contributed by atoms with Gasteiger partial charge in [-0.2, -0.15) is 0 Å². The summed E-state index contributed by atoms with van der Waals surface area (Å²) in [5, 5.41) is 3.43. The predicted octanol–water partition coefficient (Wildman–Crippen LogP) is 3.08. The number of benzene rings is 1. The van der Waals surface area contributed by atoms with Gasteiger partial charge in [-0.25, -0.2) is 0 Å². The zero-order chi connectivity index (χ0) is 14.1. The van der Waals surface area contributed by atoms with Crippen LogP contribution in [0.3, 0.4) is 0 Å². The van der Waals surface area contributed by atoms with Gasteiger partial charge in [0.1, 0.15) is 5.75 Å². The Labute approximate surface area is 129 Å². The summed E-state index contributed by atoms with van der Waals surface area (Å²) >= 11 is 3.61. The van der Waals surface area contributed by atoms with Gasteiger partial charge in [-0.05, 0) is 56.5 Å². The van der Waals surface area contributed by atoms with E-state index in [9.17, 15) is 0 Å². The van der Waals surface area contributed by atoms with E-state index in [1.807, 2.05) is 7.05 Å². The fourth-order valence-corrected chi connectivity index (χ4v) is 3.84. The molecule has 2 heterocycles. The highest BCUT2D eigenvalue weighted by atomic mass is 79.9. The van der Waals surface area contributed by atoms with Crippen molar-refractivity contribution in [2.45, 2.75) is 50.9 Å². The van der Waals surface area contributed by atoms with Gasteiger partial charge in [0, 0.05) is 16.9 Å². The molecule has 0 saturated carbocycles. The van der Waals surface area contributed by atoms with Crippen molar-refractivity contribution in [1.29, 1.82) is 0 Å². The van der Waals surface area contributed by atoms with Crippen LogP contribution >= 0.6 is 15.9 Å². The Balaban J connectivity index is 1.79. The quantitative estimate of drug-likeness (QED) is 0.914. The third-order valence-corrected chi connectivity index (χ3v) is 4.81. The number of hydrogen-bond acceptors (Lipinski definition) is 3. The molecule has 0 bridgehead atoms. The van der Waals surface area contributed by atoms with Crippen LogP contribution in [0.2, 0.25) is 0 Å². The summed E-state index contributed by atoms with van der Waals surface area (Å²) in [7, 11) is 2.02. The SMILES string of the molecule is CNC(Cc1cc(Br)cc2c1OCC2)C1CCC(C)O1. The van der Waals surface area contributed by atoms with E-state index in [1.165, 1.54) is 11.1 Å². The molecule has 2 aliphatic rings. The van der Waals surface area contributed by atoms with Crippen LogP contribution in [0.25, 0.3) is 0 Å². The van der Waals surface area contributed by atoms with Crippen LogP contribution in [-0.4, -0.2) is 31.9 Å². The van der Waals surface area contributed by atoms with Crippen LogP contribution in [0.4, 0.5) is 0 Å². The molecule has 3 unspecified atom stereocenters. The molecule has 3 nitrogen and oxygen atoms in total. The second kappa shape index (κ2) is 6.04. The van der Waals surface area contributed by atoms with Crippen LogP contribution in [0.1, 0.15) is 30.9 Å². The van der Waals surface area contributed by atoms with Gasteiger partial charge in [-0.15, -0.1) is 0 Å². The van der Waals surface area contributed by atoms with Gasteiger partial charge in [-0.3, -0.25) is 0 Å². The van der Waals surface area contributed by atoms with Crippen LogP contribution < -0.4 is 10.1 Å². The normalized spacial score (nSPS) is 26.4. The van der Waals surface area contributed by atoms with E-state index in [1.54, 1.807) is 0 Å². The predicted molar refractivity (Wildman–Crippen MR) is 83.5 cm³/mol. The lowest BCUT2D eigenvalue weighted by Gasteiger charge is -2.24. The highest BCUT2D eigenvalue weighted by molar-refractivity contribution is 9.10. The molecule has 1 N–H and O–H groups in total. The summed E-state index contributed by atoms with van der Waals surface area (Å²) in [5.41, 5.74) is 2.61. The van der Waals surface area contributed by atoms with Crippen molar-refractivity contribution < 1.29 is 9.47 Å². The van der Waals surface area contributed by atoms with Crippen LogP contribution in [0.5, 0.6) is 5.75 Å². The Bertz CT molecular complexity index is 492. The first-order valence-corrected chi connectivity index (χ1v) is 8.23. The Morgan fingerprint density at radius 3 is 2.95 bits per heavy atom. The largest absolute Gasteiger partial charge is 0.493 e. The number of likely N-dealkylation sites (N-methyl/N-ethyl adjacent to an activating group) is 1. The molecule has 0 aromatic heterocycles. The van der Waals surface area contributed by atoms with E-state index in [0.717, 1.165) is 42.5 Å². The first-order chi connectivity index (χ1) is 9.67. The monoisotopic (exact) mass is 339 g/mol. The molecule has 1 aromatic rings. The van der Waals surface area contributed by atoms with Crippen LogP contribution in [0, 0.1) is 0 Å². The smallest absolute Gasteiger partial charge is 0.125 e. The molecule has 0 amide bonds. The molecule has 1 fully saturated rings. The van der Waals surface area contributed by atoms with Gasteiger partial charge in [0.25, 0.3) is 0 Å². The van der Waals surface area contributed by atoms with E-state index in [0.29, 0.717) is 18.2 Å². The average Bonchev–Trinajstić information content (AvgIpc) is 3.04. The summed E-state index contributed by atoms with van der Waals surface area (Å²) < 4.78 is 13.0. The van der Waals surface area contributed by atoms with Gasteiger partial charge in [0.05, 0.1) is 18.8 Å². The number of fused-ring (bicyclic) bond motifs is 1. The molecule has 0 aliphatic carbocycles.